The average Bonchev–Trinajstić information content (AvgIpc) is 2.90. The molecule has 0 aromatic rings. The van der Waals surface area contributed by atoms with Crippen LogP contribution < -0.4 is 0 Å². The summed E-state index contributed by atoms with van der Waals surface area (Å²) in [5.41, 5.74) is 2.19. The van der Waals surface area contributed by atoms with E-state index in [1.165, 1.54) is 37.7 Å². The van der Waals surface area contributed by atoms with Crippen LogP contribution in [0.4, 0.5) is 0 Å². The zero-order valence-electron chi connectivity index (χ0n) is 15.8. The van der Waals surface area contributed by atoms with Gasteiger partial charge in [0, 0.05) is 13.0 Å². The summed E-state index contributed by atoms with van der Waals surface area (Å²) in [5.74, 6) is 2.87. The topological polar surface area (TPSA) is 26.3 Å². The van der Waals surface area contributed by atoms with Crippen molar-refractivity contribution >= 4 is 5.78 Å². The van der Waals surface area contributed by atoms with Gasteiger partial charge in [-0.25, -0.2) is 0 Å². The monoisotopic (exact) mass is 330 g/mol. The van der Waals surface area contributed by atoms with Crippen LogP contribution in [0.2, 0.25) is 0 Å². The van der Waals surface area contributed by atoms with Crippen LogP contribution in [0.3, 0.4) is 0 Å². The predicted molar refractivity (Wildman–Crippen MR) is 96.7 cm³/mol. The molecule has 0 aromatic carbocycles. The molecule has 24 heavy (non-hydrogen) atoms. The Hall–Kier alpha value is -0.630. The highest BCUT2D eigenvalue weighted by Gasteiger charge is 2.59. The van der Waals surface area contributed by atoms with E-state index in [4.69, 9.17) is 4.74 Å². The lowest BCUT2D eigenvalue weighted by atomic mass is 9.47. The molecule has 4 aliphatic rings. The van der Waals surface area contributed by atoms with Crippen LogP contribution in [0, 0.1) is 28.6 Å². The summed E-state index contributed by atoms with van der Waals surface area (Å²) < 4.78 is 6.29. The van der Waals surface area contributed by atoms with Crippen molar-refractivity contribution in [2.45, 2.75) is 84.7 Å². The molecule has 0 N–H and O–H groups in total. The molecule has 0 bridgehead atoms. The number of fused-ring (bicyclic) bond motifs is 5. The lowest BCUT2D eigenvalue weighted by Crippen LogP contribution is -2.51. The number of rotatable bonds is 3. The smallest absolute Gasteiger partial charge is 0.155 e. The second kappa shape index (κ2) is 5.97. The largest absolute Gasteiger partial charge is 0.378 e. The molecule has 6 atom stereocenters. The van der Waals surface area contributed by atoms with Crippen molar-refractivity contribution in [3.63, 3.8) is 0 Å². The van der Waals surface area contributed by atoms with Crippen molar-refractivity contribution in [2.24, 2.45) is 28.6 Å². The number of allylic oxidation sites excluding steroid dienone is 1. The molecule has 0 radical (unpaired) electrons. The van der Waals surface area contributed by atoms with E-state index in [9.17, 15) is 4.79 Å². The fourth-order valence-electron chi connectivity index (χ4n) is 7.05. The minimum atomic E-state index is 0.306. The van der Waals surface area contributed by atoms with Crippen LogP contribution in [0.15, 0.2) is 11.6 Å². The predicted octanol–water partition coefficient (Wildman–Crippen LogP) is 5.31. The minimum absolute atomic E-state index is 0.306. The highest BCUT2D eigenvalue weighted by atomic mass is 16.5. The molecule has 0 heterocycles. The molecule has 3 saturated carbocycles. The third kappa shape index (κ3) is 2.35. The first-order valence-corrected chi connectivity index (χ1v) is 10.3. The Labute approximate surface area is 147 Å². The van der Waals surface area contributed by atoms with Gasteiger partial charge in [0.2, 0.25) is 0 Å². The minimum Gasteiger partial charge on any atom is -0.378 e. The van der Waals surface area contributed by atoms with Gasteiger partial charge >= 0.3 is 0 Å². The van der Waals surface area contributed by atoms with E-state index in [0.29, 0.717) is 22.7 Å². The van der Waals surface area contributed by atoms with E-state index in [0.717, 1.165) is 50.0 Å². The van der Waals surface area contributed by atoms with Gasteiger partial charge < -0.3 is 4.74 Å². The van der Waals surface area contributed by atoms with Crippen LogP contribution in [0.1, 0.15) is 78.6 Å². The summed E-state index contributed by atoms with van der Waals surface area (Å²) in [6, 6.07) is 0. The van der Waals surface area contributed by atoms with Crippen LogP contribution >= 0.6 is 0 Å². The molecule has 0 saturated heterocycles. The summed E-state index contributed by atoms with van der Waals surface area (Å²) in [6.45, 7) is 8.14. The average molecular weight is 331 g/mol. The lowest BCUT2D eigenvalue weighted by Gasteiger charge is -2.58. The standard InChI is InChI=1S/C22H34O2/c1-4-13-24-20-8-7-18-17-6-5-15-14-16(23)9-11-21(15,2)19(17)10-12-22(18,20)3/h14,17-20H,4-13H2,1-3H3/t17-,18-,19-,20-,21-,22-/m0/s1. The van der Waals surface area contributed by atoms with Gasteiger partial charge in [-0.3, -0.25) is 4.79 Å². The molecule has 0 aliphatic heterocycles. The first kappa shape index (κ1) is 16.8. The summed E-state index contributed by atoms with van der Waals surface area (Å²) in [6.07, 6.45) is 13.3. The molecule has 0 amide bonds. The van der Waals surface area contributed by atoms with Gasteiger partial charge in [-0.1, -0.05) is 26.3 Å². The molecule has 4 rings (SSSR count). The fourth-order valence-corrected chi connectivity index (χ4v) is 7.05. The van der Waals surface area contributed by atoms with Gasteiger partial charge in [0.25, 0.3) is 0 Å². The highest BCUT2D eigenvalue weighted by molar-refractivity contribution is 5.91. The lowest BCUT2D eigenvalue weighted by molar-refractivity contribution is -0.118. The number of ketones is 1. The van der Waals surface area contributed by atoms with E-state index < -0.39 is 0 Å². The molecule has 4 aliphatic carbocycles. The van der Waals surface area contributed by atoms with Crippen LogP contribution in [0.25, 0.3) is 0 Å². The van der Waals surface area contributed by atoms with E-state index in [-0.39, 0.29) is 0 Å². The Bertz CT molecular complexity index is 550. The van der Waals surface area contributed by atoms with Crippen LogP contribution in [0.5, 0.6) is 0 Å². The first-order chi connectivity index (χ1) is 11.5. The van der Waals surface area contributed by atoms with E-state index in [2.05, 4.69) is 20.8 Å². The summed E-state index contributed by atoms with van der Waals surface area (Å²) in [5, 5.41) is 0. The van der Waals surface area contributed by atoms with Crippen LogP contribution in [-0.2, 0) is 9.53 Å². The Morgan fingerprint density at radius 1 is 1.08 bits per heavy atom. The maximum atomic E-state index is 11.9. The summed E-state index contributed by atoms with van der Waals surface area (Å²) in [4.78, 5) is 11.9. The van der Waals surface area contributed by atoms with Gasteiger partial charge in [-0.15, -0.1) is 0 Å². The normalized spacial score (nSPS) is 47.6. The number of carbonyl (C=O) groups excluding carboxylic acids is 1. The van der Waals surface area contributed by atoms with E-state index >= 15 is 0 Å². The quantitative estimate of drug-likeness (QED) is 0.700. The Morgan fingerprint density at radius 3 is 2.71 bits per heavy atom. The van der Waals surface area contributed by atoms with Crippen molar-refractivity contribution in [2.75, 3.05) is 6.61 Å². The van der Waals surface area contributed by atoms with Gasteiger partial charge in [0.1, 0.15) is 0 Å². The molecule has 2 nitrogen and oxygen atoms in total. The Balaban J connectivity index is 1.59. The van der Waals surface area contributed by atoms with Crippen LogP contribution in [-0.4, -0.2) is 18.5 Å². The second-order valence-corrected chi connectivity index (χ2v) is 9.45. The Morgan fingerprint density at radius 2 is 1.92 bits per heavy atom. The first-order valence-electron chi connectivity index (χ1n) is 10.3. The number of ether oxygens (including phenoxy) is 1. The van der Waals surface area contributed by atoms with Gasteiger partial charge in [-0.05, 0) is 86.0 Å². The van der Waals surface area contributed by atoms with Crippen molar-refractivity contribution in [1.29, 1.82) is 0 Å². The molecule has 2 heteroatoms. The molecule has 134 valence electrons. The third-order valence-corrected chi connectivity index (χ3v) is 8.40. The zero-order chi connectivity index (χ0) is 16.9. The number of hydrogen-bond donors (Lipinski definition) is 0. The molecular formula is C22H34O2. The molecule has 0 unspecified atom stereocenters. The van der Waals surface area contributed by atoms with Gasteiger partial charge in [-0.2, -0.15) is 0 Å². The maximum absolute atomic E-state index is 11.9. The second-order valence-electron chi connectivity index (χ2n) is 9.45. The Kier molecular flexibility index (Phi) is 4.18. The third-order valence-electron chi connectivity index (χ3n) is 8.40. The summed E-state index contributed by atoms with van der Waals surface area (Å²) >= 11 is 0. The van der Waals surface area contributed by atoms with Crippen molar-refractivity contribution in [3.8, 4) is 0 Å². The number of carbonyl (C=O) groups is 1. The molecular weight excluding hydrogens is 296 g/mol. The van der Waals surface area contributed by atoms with Gasteiger partial charge in [0.15, 0.2) is 5.78 Å². The molecule has 0 spiro atoms. The number of hydrogen-bond acceptors (Lipinski definition) is 2. The van der Waals surface area contributed by atoms with Crippen molar-refractivity contribution < 1.29 is 9.53 Å². The maximum Gasteiger partial charge on any atom is 0.155 e. The highest BCUT2D eigenvalue weighted by Crippen LogP contribution is 2.65. The van der Waals surface area contributed by atoms with Crippen molar-refractivity contribution in [1.82, 2.24) is 0 Å². The SMILES string of the molecule is CCCO[C@H]1CC[C@H]2[C@@H]3CCC4=CC(=O)CC[C@]4(C)[C@H]3CC[C@]12C. The van der Waals surface area contributed by atoms with Gasteiger partial charge in [0.05, 0.1) is 6.10 Å². The zero-order valence-corrected chi connectivity index (χ0v) is 15.8. The van der Waals surface area contributed by atoms with E-state index in [1.54, 1.807) is 0 Å². The van der Waals surface area contributed by atoms with Crippen molar-refractivity contribution in [3.05, 3.63) is 11.6 Å². The van der Waals surface area contributed by atoms with E-state index in [1.807, 2.05) is 6.08 Å². The molecule has 3 fully saturated rings. The fraction of sp³-hybridized carbons (Fsp3) is 0.864. The molecule has 0 aromatic heterocycles. The summed E-state index contributed by atoms with van der Waals surface area (Å²) in [7, 11) is 0.